The lowest BCUT2D eigenvalue weighted by atomic mass is 9.75. The fraction of sp³-hybridized carbons (Fsp3) is 0.526. The average molecular weight is 315 g/mol. The number of aromatic nitrogens is 2. The number of aliphatic hydroxyl groups excluding tert-OH is 1. The lowest BCUT2D eigenvalue weighted by Crippen LogP contribution is -2.35. The Morgan fingerprint density at radius 1 is 1.26 bits per heavy atom. The van der Waals surface area contributed by atoms with Crippen molar-refractivity contribution >= 4 is 0 Å². The lowest BCUT2D eigenvalue weighted by molar-refractivity contribution is 0.128. The highest BCUT2D eigenvalue weighted by molar-refractivity contribution is 5.23. The molecular weight excluding hydrogens is 286 g/mol. The molecule has 1 aromatic carbocycles. The van der Waals surface area contributed by atoms with Crippen LogP contribution in [-0.4, -0.2) is 28.0 Å². The highest BCUT2D eigenvalue weighted by Crippen LogP contribution is 2.35. The number of aliphatic hydroxyl groups is 1. The Morgan fingerprint density at radius 2 is 1.91 bits per heavy atom. The molecular formula is C19H29N3O. The third kappa shape index (κ3) is 4.01. The number of benzene rings is 1. The molecule has 0 aliphatic rings. The SMILES string of the molecule is Cc1c(C(C)NCC(c2ccccc2)C(C)(C)CO)cnn1C. The maximum atomic E-state index is 9.81. The first-order valence-electron chi connectivity index (χ1n) is 8.24. The fourth-order valence-electron chi connectivity index (χ4n) is 2.99. The minimum atomic E-state index is -0.182. The molecule has 0 amide bonds. The van der Waals surface area contributed by atoms with E-state index in [4.69, 9.17) is 0 Å². The van der Waals surface area contributed by atoms with Gasteiger partial charge < -0.3 is 10.4 Å². The van der Waals surface area contributed by atoms with Gasteiger partial charge in [0, 0.05) is 43.4 Å². The number of hydrogen-bond donors (Lipinski definition) is 2. The molecule has 23 heavy (non-hydrogen) atoms. The van der Waals surface area contributed by atoms with Crippen LogP contribution in [0, 0.1) is 12.3 Å². The summed E-state index contributed by atoms with van der Waals surface area (Å²) in [5, 5.41) is 17.8. The van der Waals surface area contributed by atoms with E-state index in [-0.39, 0.29) is 24.0 Å². The largest absolute Gasteiger partial charge is 0.396 e. The van der Waals surface area contributed by atoms with Gasteiger partial charge in [0.05, 0.1) is 6.20 Å². The van der Waals surface area contributed by atoms with Crippen LogP contribution in [0.5, 0.6) is 0 Å². The van der Waals surface area contributed by atoms with Gasteiger partial charge >= 0.3 is 0 Å². The van der Waals surface area contributed by atoms with Crippen molar-refractivity contribution in [2.75, 3.05) is 13.2 Å². The van der Waals surface area contributed by atoms with Crippen LogP contribution in [0.1, 0.15) is 49.6 Å². The number of rotatable bonds is 7. The monoisotopic (exact) mass is 315 g/mol. The Labute approximate surface area is 139 Å². The topological polar surface area (TPSA) is 50.1 Å². The van der Waals surface area contributed by atoms with Crippen LogP contribution in [0.25, 0.3) is 0 Å². The minimum Gasteiger partial charge on any atom is -0.396 e. The molecule has 2 unspecified atom stereocenters. The standard InChI is InChI=1S/C19H29N3O/c1-14(17-11-21-22(5)15(17)2)20-12-18(19(3,4)13-23)16-9-7-6-8-10-16/h6-11,14,18,20,23H,12-13H2,1-5H3. The zero-order valence-electron chi connectivity index (χ0n) is 14.9. The van der Waals surface area contributed by atoms with Crippen molar-refractivity contribution < 1.29 is 5.11 Å². The van der Waals surface area contributed by atoms with E-state index in [0.29, 0.717) is 0 Å². The second-order valence-corrected chi connectivity index (χ2v) is 7.05. The quantitative estimate of drug-likeness (QED) is 0.825. The summed E-state index contributed by atoms with van der Waals surface area (Å²) in [7, 11) is 1.97. The third-order valence-corrected chi connectivity index (χ3v) is 4.92. The lowest BCUT2D eigenvalue weighted by Gasteiger charge is -2.34. The van der Waals surface area contributed by atoms with E-state index in [9.17, 15) is 5.11 Å². The van der Waals surface area contributed by atoms with Crippen molar-refractivity contribution in [3.05, 3.63) is 53.3 Å². The van der Waals surface area contributed by atoms with E-state index in [1.54, 1.807) is 0 Å². The van der Waals surface area contributed by atoms with Crippen LogP contribution in [0.3, 0.4) is 0 Å². The van der Waals surface area contributed by atoms with Gasteiger partial charge in [-0.15, -0.1) is 0 Å². The van der Waals surface area contributed by atoms with Crippen molar-refractivity contribution in [2.45, 2.75) is 39.7 Å². The fourth-order valence-corrected chi connectivity index (χ4v) is 2.99. The molecule has 0 saturated carbocycles. The summed E-state index contributed by atoms with van der Waals surface area (Å²) in [4.78, 5) is 0. The van der Waals surface area contributed by atoms with Crippen LogP contribution in [0.2, 0.25) is 0 Å². The molecule has 0 aliphatic carbocycles. The molecule has 2 aromatic rings. The summed E-state index contributed by atoms with van der Waals surface area (Å²) < 4.78 is 1.90. The predicted molar refractivity (Wildman–Crippen MR) is 94.4 cm³/mol. The minimum absolute atomic E-state index is 0.161. The molecule has 1 heterocycles. The second-order valence-electron chi connectivity index (χ2n) is 7.05. The van der Waals surface area contributed by atoms with Crippen molar-refractivity contribution in [3.8, 4) is 0 Å². The average Bonchev–Trinajstić information content (AvgIpc) is 2.88. The Bertz CT molecular complexity index is 619. The van der Waals surface area contributed by atoms with Crippen LogP contribution in [-0.2, 0) is 7.05 Å². The zero-order valence-corrected chi connectivity index (χ0v) is 14.9. The van der Waals surface area contributed by atoms with E-state index in [1.807, 2.05) is 24.0 Å². The smallest absolute Gasteiger partial charge is 0.0540 e. The Balaban J connectivity index is 2.14. The van der Waals surface area contributed by atoms with Crippen molar-refractivity contribution in [2.24, 2.45) is 12.5 Å². The molecule has 0 spiro atoms. The van der Waals surface area contributed by atoms with Crippen molar-refractivity contribution in [1.29, 1.82) is 0 Å². The summed E-state index contributed by atoms with van der Waals surface area (Å²) in [6.45, 7) is 9.46. The van der Waals surface area contributed by atoms with Gasteiger partial charge in [-0.05, 0) is 24.8 Å². The van der Waals surface area contributed by atoms with E-state index in [0.717, 1.165) is 6.54 Å². The highest BCUT2D eigenvalue weighted by Gasteiger charge is 2.30. The maximum absolute atomic E-state index is 9.81. The Kier molecular flexibility index (Phi) is 5.60. The zero-order chi connectivity index (χ0) is 17.0. The van der Waals surface area contributed by atoms with E-state index >= 15 is 0 Å². The summed E-state index contributed by atoms with van der Waals surface area (Å²) in [6.07, 6.45) is 1.93. The highest BCUT2D eigenvalue weighted by atomic mass is 16.3. The van der Waals surface area contributed by atoms with Crippen LogP contribution in [0.15, 0.2) is 36.5 Å². The van der Waals surface area contributed by atoms with Crippen molar-refractivity contribution in [3.63, 3.8) is 0 Å². The molecule has 0 radical (unpaired) electrons. The second kappa shape index (κ2) is 7.28. The molecule has 0 aliphatic heterocycles. The Hall–Kier alpha value is -1.65. The van der Waals surface area contributed by atoms with Gasteiger partial charge in [-0.3, -0.25) is 4.68 Å². The Morgan fingerprint density at radius 3 is 2.43 bits per heavy atom. The van der Waals surface area contributed by atoms with Crippen LogP contribution < -0.4 is 5.32 Å². The van der Waals surface area contributed by atoms with E-state index < -0.39 is 0 Å². The molecule has 2 atom stereocenters. The van der Waals surface area contributed by atoms with Gasteiger partial charge in [0.2, 0.25) is 0 Å². The number of nitrogens with zero attached hydrogens (tertiary/aromatic N) is 2. The van der Waals surface area contributed by atoms with E-state index in [2.05, 4.69) is 62.4 Å². The van der Waals surface area contributed by atoms with Gasteiger partial charge in [-0.25, -0.2) is 0 Å². The van der Waals surface area contributed by atoms with E-state index in [1.165, 1.54) is 16.8 Å². The molecule has 2 N–H and O–H groups in total. The maximum Gasteiger partial charge on any atom is 0.0540 e. The molecule has 4 heteroatoms. The third-order valence-electron chi connectivity index (χ3n) is 4.92. The van der Waals surface area contributed by atoms with Crippen LogP contribution in [0.4, 0.5) is 0 Å². The first-order chi connectivity index (χ1) is 10.9. The van der Waals surface area contributed by atoms with Crippen molar-refractivity contribution in [1.82, 2.24) is 15.1 Å². The summed E-state index contributed by atoms with van der Waals surface area (Å²) in [5.74, 6) is 0.244. The summed E-state index contributed by atoms with van der Waals surface area (Å²) in [6, 6.07) is 10.7. The normalized spacial score (nSPS) is 14.7. The molecule has 0 bridgehead atoms. The molecule has 0 fully saturated rings. The predicted octanol–water partition coefficient (Wildman–Crippen LogP) is 3.18. The molecule has 1 aromatic heterocycles. The number of aryl methyl sites for hydroxylation is 1. The van der Waals surface area contributed by atoms with Crippen LogP contribution >= 0.6 is 0 Å². The first-order valence-corrected chi connectivity index (χ1v) is 8.24. The number of hydrogen-bond acceptors (Lipinski definition) is 3. The summed E-state index contributed by atoms with van der Waals surface area (Å²) >= 11 is 0. The number of nitrogens with one attached hydrogen (secondary N) is 1. The van der Waals surface area contributed by atoms with Gasteiger partial charge in [-0.1, -0.05) is 44.2 Å². The molecule has 0 saturated heterocycles. The van der Waals surface area contributed by atoms with Gasteiger partial charge in [0.15, 0.2) is 0 Å². The van der Waals surface area contributed by atoms with Gasteiger partial charge in [0.1, 0.15) is 0 Å². The molecule has 2 rings (SSSR count). The molecule has 4 nitrogen and oxygen atoms in total. The first kappa shape index (κ1) is 17.7. The van der Waals surface area contributed by atoms with Gasteiger partial charge in [0.25, 0.3) is 0 Å². The summed E-state index contributed by atoms with van der Waals surface area (Å²) in [5.41, 5.74) is 3.48. The molecule has 126 valence electrons. The van der Waals surface area contributed by atoms with Gasteiger partial charge in [-0.2, -0.15) is 5.10 Å².